The Bertz CT molecular complexity index is 2100. The number of fused-ring (bicyclic) bond motifs is 2. The van der Waals surface area contributed by atoms with Gasteiger partial charge in [0.25, 0.3) is 0 Å². The maximum Gasteiger partial charge on any atom is 0.159 e. The van der Waals surface area contributed by atoms with Crippen molar-refractivity contribution in [2.24, 2.45) is 15.7 Å². The fourth-order valence-electron chi connectivity index (χ4n) is 5.93. The van der Waals surface area contributed by atoms with Crippen molar-refractivity contribution in [2.45, 2.75) is 13.1 Å². The Balaban J connectivity index is 1.37. The van der Waals surface area contributed by atoms with E-state index in [1.165, 1.54) is 21.9 Å². The third kappa shape index (κ3) is 5.18. The van der Waals surface area contributed by atoms with E-state index in [0.717, 1.165) is 44.4 Å². The zero-order valence-corrected chi connectivity index (χ0v) is 24.5. The molecule has 0 fully saturated rings. The normalized spacial score (nSPS) is 15.3. The number of hydrogen-bond acceptors (Lipinski definition) is 4. The molecular weight excluding hydrogens is 536 g/mol. The number of amidine groups is 2. The lowest BCUT2D eigenvalue weighted by atomic mass is 9.93. The quantitative estimate of drug-likeness (QED) is 0.197. The molecule has 1 atom stereocenters. The van der Waals surface area contributed by atoms with Crippen LogP contribution in [0.2, 0.25) is 0 Å². The number of nitrogens with two attached hydrogens (primary N) is 1. The van der Waals surface area contributed by atoms with E-state index < -0.39 is 0 Å². The molecule has 0 aromatic heterocycles. The summed E-state index contributed by atoms with van der Waals surface area (Å²) in [6.07, 6.45) is 5.34. The summed E-state index contributed by atoms with van der Waals surface area (Å²) in [6.45, 7) is 1.99. The van der Waals surface area contributed by atoms with Crippen LogP contribution in [-0.2, 0) is 0 Å². The van der Waals surface area contributed by atoms with E-state index in [1.807, 2.05) is 37.3 Å². The first-order chi connectivity index (χ1) is 21.7. The molecule has 0 bridgehead atoms. The van der Waals surface area contributed by atoms with Crippen LogP contribution in [0.5, 0.6) is 0 Å². The van der Waals surface area contributed by atoms with Crippen LogP contribution in [0.4, 0.5) is 0 Å². The third-order valence-electron chi connectivity index (χ3n) is 8.06. The summed E-state index contributed by atoms with van der Waals surface area (Å²) in [5.41, 5.74) is 13.4. The van der Waals surface area contributed by atoms with Gasteiger partial charge in [0.15, 0.2) is 5.84 Å². The summed E-state index contributed by atoms with van der Waals surface area (Å²) in [5, 5.41) is 8.29. The fraction of sp³-hybridized carbons (Fsp3) is 0.0500. The van der Waals surface area contributed by atoms with Gasteiger partial charge >= 0.3 is 0 Å². The Morgan fingerprint density at radius 1 is 0.682 bits per heavy atom. The van der Waals surface area contributed by atoms with Crippen LogP contribution in [0, 0.1) is 0 Å². The van der Waals surface area contributed by atoms with Crippen LogP contribution >= 0.6 is 0 Å². The molecule has 44 heavy (non-hydrogen) atoms. The zero-order valence-electron chi connectivity index (χ0n) is 24.5. The van der Waals surface area contributed by atoms with Gasteiger partial charge in [-0.1, -0.05) is 133 Å². The topological polar surface area (TPSA) is 62.8 Å². The summed E-state index contributed by atoms with van der Waals surface area (Å²) < 4.78 is 0. The van der Waals surface area contributed by atoms with E-state index in [4.69, 9.17) is 15.7 Å². The Labute approximate surface area is 257 Å². The molecule has 4 nitrogen and oxygen atoms in total. The molecule has 4 heteroatoms. The van der Waals surface area contributed by atoms with E-state index in [2.05, 4.69) is 121 Å². The first-order valence-corrected chi connectivity index (χ1v) is 14.9. The second-order valence-corrected chi connectivity index (χ2v) is 10.8. The molecule has 1 aliphatic rings. The third-order valence-corrected chi connectivity index (χ3v) is 8.06. The van der Waals surface area contributed by atoms with Crippen molar-refractivity contribution in [3.05, 3.63) is 174 Å². The first-order valence-electron chi connectivity index (χ1n) is 14.9. The number of hydrogen-bond donors (Lipinski definition) is 2. The van der Waals surface area contributed by atoms with Gasteiger partial charge in [-0.3, -0.25) is 0 Å². The highest BCUT2D eigenvalue weighted by molar-refractivity contribution is 6.14. The molecule has 1 unspecified atom stereocenters. The molecule has 1 aliphatic heterocycles. The lowest BCUT2D eigenvalue weighted by Gasteiger charge is -2.25. The molecule has 0 saturated heterocycles. The second kappa shape index (κ2) is 11.9. The van der Waals surface area contributed by atoms with E-state index >= 15 is 0 Å². The smallest absolute Gasteiger partial charge is 0.159 e. The molecule has 6 aromatic carbocycles. The molecule has 3 N–H and O–H groups in total. The highest BCUT2D eigenvalue weighted by atomic mass is 15.2. The van der Waals surface area contributed by atoms with Gasteiger partial charge in [0.2, 0.25) is 0 Å². The molecule has 0 aliphatic carbocycles. The molecule has 0 radical (unpaired) electrons. The lowest BCUT2D eigenvalue weighted by Crippen LogP contribution is -2.33. The molecule has 6 aromatic rings. The van der Waals surface area contributed by atoms with Gasteiger partial charge in [-0.2, -0.15) is 0 Å². The average Bonchev–Trinajstić information content (AvgIpc) is 3.10. The van der Waals surface area contributed by atoms with Crippen LogP contribution in [0.1, 0.15) is 35.3 Å². The van der Waals surface area contributed by atoms with Gasteiger partial charge in [0, 0.05) is 22.9 Å². The molecule has 1 heterocycles. The van der Waals surface area contributed by atoms with E-state index in [-0.39, 0.29) is 6.17 Å². The minimum Gasteiger partial charge on any atom is -0.404 e. The predicted octanol–water partition coefficient (Wildman–Crippen LogP) is 9.03. The zero-order chi connectivity index (χ0) is 29.9. The standard InChI is InChI=1S/C40H32N4/c1-2-11-34(26-41)32-21-20-31-25-33(23-22-30(31)24-32)39-42-38(29-14-7-4-8-15-29)43-40(44-39)36-19-10-17-28-16-9-18-35(37(28)36)27-12-5-3-6-13-27/h2-26,40H,41H2,1H3,(H,42,43,44)/b11-2-,34-26+. The van der Waals surface area contributed by atoms with Crippen molar-refractivity contribution in [1.29, 1.82) is 0 Å². The number of nitrogens with zero attached hydrogens (tertiary/aromatic N) is 2. The first kappa shape index (κ1) is 27.1. The van der Waals surface area contributed by atoms with E-state index in [0.29, 0.717) is 5.84 Å². The van der Waals surface area contributed by atoms with Gasteiger partial charge in [0.05, 0.1) is 0 Å². The molecule has 7 rings (SSSR count). The fourth-order valence-corrected chi connectivity index (χ4v) is 5.93. The van der Waals surface area contributed by atoms with Gasteiger partial charge in [-0.05, 0) is 62.9 Å². The summed E-state index contributed by atoms with van der Waals surface area (Å²) in [6, 6.07) is 46.6. The Morgan fingerprint density at radius 3 is 2.14 bits per heavy atom. The van der Waals surface area contributed by atoms with Crippen LogP contribution in [0.3, 0.4) is 0 Å². The summed E-state index contributed by atoms with van der Waals surface area (Å²) in [4.78, 5) is 10.3. The van der Waals surface area contributed by atoms with Crippen molar-refractivity contribution in [2.75, 3.05) is 0 Å². The average molecular weight is 569 g/mol. The number of allylic oxidation sites excluding steroid dienone is 3. The summed E-state index contributed by atoms with van der Waals surface area (Å²) in [7, 11) is 0. The highest BCUT2D eigenvalue weighted by Gasteiger charge is 2.23. The van der Waals surface area contributed by atoms with Crippen molar-refractivity contribution in [3.63, 3.8) is 0 Å². The monoisotopic (exact) mass is 568 g/mol. The van der Waals surface area contributed by atoms with Gasteiger partial charge < -0.3 is 11.1 Å². The summed E-state index contributed by atoms with van der Waals surface area (Å²) >= 11 is 0. The molecule has 212 valence electrons. The van der Waals surface area contributed by atoms with Crippen LogP contribution in [0.25, 0.3) is 38.2 Å². The maximum atomic E-state index is 5.91. The van der Waals surface area contributed by atoms with E-state index in [1.54, 1.807) is 6.20 Å². The number of nitrogens with one attached hydrogen (secondary N) is 1. The van der Waals surface area contributed by atoms with Crippen molar-refractivity contribution in [1.82, 2.24) is 5.32 Å². The van der Waals surface area contributed by atoms with E-state index in [9.17, 15) is 0 Å². The Kier molecular flexibility index (Phi) is 7.31. The number of aliphatic imine (C=N–C) groups is 2. The van der Waals surface area contributed by atoms with Crippen molar-refractivity contribution >= 4 is 38.8 Å². The minimum absolute atomic E-state index is 0.331. The van der Waals surface area contributed by atoms with Gasteiger partial charge in [0.1, 0.15) is 12.0 Å². The molecule has 0 amide bonds. The van der Waals surface area contributed by atoms with Gasteiger partial charge in [-0.25, -0.2) is 9.98 Å². The maximum absolute atomic E-state index is 5.91. The lowest BCUT2D eigenvalue weighted by molar-refractivity contribution is 0.680. The Hall–Kier alpha value is -5.74. The second-order valence-electron chi connectivity index (χ2n) is 10.8. The number of benzene rings is 6. The number of rotatable bonds is 6. The molecular formula is C40H32N4. The van der Waals surface area contributed by atoms with Crippen LogP contribution in [0.15, 0.2) is 162 Å². The van der Waals surface area contributed by atoms with Crippen molar-refractivity contribution in [3.8, 4) is 11.1 Å². The largest absolute Gasteiger partial charge is 0.404 e. The molecule has 0 spiro atoms. The van der Waals surface area contributed by atoms with Crippen molar-refractivity contribution < 1.29 is 0 Å². The summed E-state index contributed by atoms with van der Waals surface area (Å²) in [5.74, 6) is 1.50. The minimum atomic E-state index is -0.331. The van der Waals surface area contributed by atoms with Gasteiger partial charge in [-0.15, -0.1) is 0 Å². The Morgan fingerprint density at radius 2 is 1.39 bits per heavy atom. The van der Waals surface area contributed by atoms with Crippen LogP contribution in [-0.4, -0.2) is 11.7 Å². The molecule has 0 saturated carbocycles. The highest BCUT2D eigenvalue weighted by Crippen LogP contribution is 2.36. The van der Waals surface area contributed by atoms with Crippen LogP contribution < -0.4 is 11.1 Å². The SMILES string of the molecule is C/C=C\C(=C/N)c1ccc2cc(C3=NC(c4cccc5cccc(-c6ccccc6)c45)NC(c4ccccc4)=N3)ccc2c1. The predicted molar refractivity (Wildman–Crippen MR) is 186 cm³/mol.